The van der Waals surface area contributed by atoms with Crippen LogP contribution in [0.25, 0.3) is 0 Å². The lowest BCUT2D eigenvalue weighted by molar-refractivity contribution is 0.0651. The van der Waals surface area contributed by atoms with E-state index >= 15 is 0 Å². The number of hydrogen-bond acceptors (Lipinski definition) is 5. The summed E-state index contributed by atoms with van der Waals surface area (Å²) in [4.78, 5) is 22.1. The van der Waals surface area contributed by atoms with Crippen molar-refractivity contribution in [2.24, 2.45) is 0 Å². The Balaban J connectivity index is 3.03. The van der Waals surface area contributed by atoms with Gasteiger partial charge in [0, 0.05) is 26.8 Å². The van der Waals surface area contributed by atoms with Crippen LogP contribution in [0.4, 0.5) is 5.69 Å². The van der Waals surface area contributed by atoms with E-state index in [1.165, 1.54) is 17.5 Å². The Morgan fingerprint density at radius 1 is 1.21 bits per heavy atom. The quantitative estimate of drug-likeness (QED) is 0.532. The fraction of sp³-hybridized carbons (Fsp3) is 0.429. The van der Waals surface area contributed by atoms with Crippen LogP contribution in [0.3, 0.4) is 0 Å². The number of benzene rings is 1. The standard InChI is InChI=1S/C14H20N2O7S/c1-3-16(7-4-8-23-2)24(21,22)15-10-5-6-11(13(17)18)12(9-10)14(19)20/h5-6,9,15H,3-4,7-8H2,1-2H3,(H,17,18)(H,19,20). The SMILES string of the molecule is CCN(CCCOC)S(=O)(=O)Nc1ccc(C(=O)O)c(C(=O)O)c1. The van der Waals surface area contributed by atoms with E-state index in [4.69, 9.17) is 14.9 Å². The third-order valence-corrected chi connectivity index (χ3v) is 4.79. The highest BCUT2D eigenvalue weighted by Gasteiger charge is 2.22. The predicted molar refractivity (Wildman–Crippen MR) is 86.6 cm³/mol. The summed E-state index contributed by atoms with van der Waals surface area (Å²) in [7, 11) is -2.38. The molecule has 0 spiro atoms. The highest BCUT2D eigenvalue weighted by molar-refractivity contribution is 7.90. The Morgan fingerprint density at radius 2 is 1.83 bits per heavy atom. The van der Waals surface area contributed by atoms with Gasteiger partial charge in [-0.05, 0) is 24.6 Å². The number of methoxy groups -OCH3 is 1. The van der Waals surface area contributed by atoms with Gasteiger partial charge in [0.1, 0.15) is 0 Å². The average Bonchev–Trinajstić information content (AvgIpc) is 2.50. The fourth-order valence-electron chi connectivity index (χ4n) is 2.02. The van der Waals surface area contributed by atoms with Crippen molar-refractivity contribution in [1.29, 1.82) is 0 Å². The van der Waals surface area contributed by atoms with E-state index in [1.807, 2.05) is 0 Å². The zero-order valence-corrected chi connectivity index (χ0v) is 14.2. The summed E-state index contributed by atoms with van der Waals surface area (Å²) in [6, 6.07) is 3.23. The number of carboxylic acid groups (broad SMARTS) is 2. The second kappa shape index (κ2) is 8.62. The first kappa shape index (κ1) is 19.9. The van der Waals surface area contributed by atoms with Crippen LogP contribution in [0.1, 0.15) is 34.1 Å². The topological polar surface area (TPSA) is 133 Å². The Kier molecular flexibility index (Phi) is 7.14. The van der Waals surface area contributed by atoms with Gasteiger partial charge in [0.15, 0.2) is 0 Å². The van der Waals surface area contributed by atoms with Crippen molar-refractivity contribution in [2.75, 3.05) is 31.5 Å². The van der Waals surface area contributed by atoms with E-state index < -0.39 is 33.3 Å². The third kappa shape index (κ3) is 5.18. The molecule has 24 heavy (non-hydrogen) atoms. The molecule has 1 rings (SSSR count). The average molecular weight is 360 g/mol. The van der Waals surface area contributed by atoms with Gasteiger partial charge >= 0.3 is 22.1 Å². The van der Waals surface area contributed by atoms with Crippen LogP contribution in [0, 0.1) is 0 Å². The Morgan fingerprint density at radius 3 is 2.33 bits per heavy atom. The molecule has 0 aliphatic heterocycles. The van der Waals surface area contributed by atoms with Gasteiger partial charge in [-0.1, -0.05) is 6.92 Å². The number of carbonyl (C=O) groups is 2. The van der Waals surface area contributed by atoms with Crippen molar-refractivity contribution >= 4 is 27.8 Å². The summed E-state index contributed by atoms with van der Waals surface area (Å²) >= 11 is 0. The van der Waals surface area contributed by atoms with E-state index in [9.17, 15) is 18.0 Å². The number of nitrogens with one attached hydrogen (secondary N) is 1. The van der Waals surface area contributed by atoms with Crippen molar-refractivity contribution in [3.8, 4) is 0 Å². The molecule has 0 unspecified atom stereocenters. The molecule has 0 bridgehead atoms. The van der Waals surface area contributed by atoms with Crippen LogP contribution < -0.4 is 4.72 Å². The van der Waals surface area contributed by atoms with Gasteiger partial charge in [-0.2, -0.15) is 12.7 Å². The van der Waals surface area contributed by atoms with E-state index in [0.717, 1.165) is 12.1 Å². The minimum atomic E-state index is -3.89. The summed E-state index contributed by atoms with van der Waals surface area (Å²) in [5.41, 5.74) is -0.939. The molecular weight excluding hydrogens is 340 g/mol. The van der Waals surface area contributed by atoms with Gasteiger partial charge in [-0.3, -0.25) is 4.72 Å². The molecular formula is C14H20N2O7S. The molecule has 0 saturated carbocycles. The molecule has 0 radical (unpaired) electrons. The van der Waals surface area contributed by atoms with Crippen LogP contribution in [0.15, 0.2) is 18.2 Å². The summed E-state index contributed by atoms with van der Waals surface area (Å²) in [5, 5.41) is 18.0. The summed E-state index contributed by atoms with van der Waals surface area (Å²) in [5.74, 6) is -2.86. The lowest BCUT2D eigenvalue weighted by Gasteiger charge is -2.21. The van der Waals surface area contributed by atoms with Gasteiger partial charge in [0.2, 0.25) is 0 Å². The lowest BCUT2D eigenvalue weighted by atomic mass is 10.1. The number of nitrogens with zero attached hydrogens (tertiary/aromatic N) is 1. The first-order chi connectivity index (χ1) is 11.2. The molecule has 3 N–H and O–H groups in total. The van der Waals surface area contributed by atoms with Crippen LogP contribution in [-0.4, -0.2) is 61.7 Å². The zero-order valence-electron chi connectivity index (χ0n) is 13.4. The van der Waals surface area contributed by atoms with Crippen molar-refractivity contribution in [3.63, 3.8) is 0 Å². The van der Waals surface area contributed by atoms with Crippen LogP contribution in [0.2, 0.25) is 0 Å². The number of anilines is 1. The number of rotatable bonds is 10. The summed E-state index contributed by atoms with van der Waals surface area (Å²) < 4.78 is 33.0. The molecule has 1 aromatic rings. The first-order valence-electron chi connectivity index (χ1n) is 7.10. The Labute approximate surface area is 140 Å². The molecule has 134 valence electrons. The van der Waals surface area contributed by atoms with Gasteiger partial charge in [-0.15, -0.1) is 0 Å². The van der Waals surface area contributed by atoms with Crippen molar-refractivity contribution in [2.45, 2.75) is 13.3 Å². The normalized spacial score (nSPS) is 11.5. The van der Waals surface area contributed by atoms with E-state index in [1.54, 1.807) is 6.92 Å². The van der Waals surface area contributed by atoms with Crippen LogP contribution in [0.5, 0.6) is 0 Å². The zero-order chi connectivity index (χ0) is 18.3. The minimum absolute atomic E-state index is 0.0254. The maximum Gasteiger partial charge on any atom is 0.336 e. The first-order valence-corrected chi connectivity index (χ1v) is 8.54. The molecule has 0 atom stereocenters. The lowest BCUT2D eigenvalue weighted by Crippen LogP contribution is -2.36. The van der Waals surface area contributed by atoms with Gasteiger partial charge in [-0.25, -0.2) is 9.59 Å². The summed E-state index contributed by atoms with van der Waals surface area (Å²) in [6.07, 6.45) is 0.504. The third-order valence-electron chi connectivity index (χ3n) is 3.18. The van der Waals surface area contributed by atoms with Gasteiger partial charge in [0.25, 0.3) is 0 Å². The molecule has 0 aliphatic rings. The number of aromatic carboxylic acids is 2. The number of hydrogen-bond donors (Lipinski definition) is 3. The Hall–Kier alpha value is -2.17. The smallest absolute Gasteiger partial charge is 0.336 e. The molecule has 0 saturated heterocycles. The highest BCUT2D eigenvalue weighted by Crippen LogP contribution is 2.18. The molecule has 0 aromatic heterocycles. The monoisotopic (exact) mass is 360 g/mol. The summed E-state index contributed by atoms with van der Waals surface area (Å²) in [6.45, 7) is 2.53. The van der Waals surface area contributed by atoms with Crippen molar-refractivity contribution < 1.29 is 33.0 Å². The van der Waals surface area contributed by atoms with E-state index in [2.05, 4.69) is 4.72 Å². The molecule has 0 heterocycles. The van der Waals surface area contributed by atoms with Gasteiger partial charge in [0.05, 0.1) is 16.8 Å². The predicted octanol–water partition coefficient (Wildman–Crippen LogP) is 1.10. The minimum Gasteiger partial charge on any atom is -0.478 e. The van der Waals surface area contributed by atoms with Crippen LogP contribution in [-0.2, 0) is 14.9 Å². The van der Waals surface area contributed by atoms with Crippen molar-refractivity contribution in [1.82, 2.24) is 4.31 Å². The van der Waals surface area contributed by atoms with Gasteiger partial charge < -0.3 is 14.9 Å². The number of ether oxygens (including phenoxy) is 1. The second-order valence-electron chi connectivity index (χ2n) is 4.82. The molecule has 10 heteroatoms. The molecule has 0 fully saturated rings. The Bertz CT molecular complexity index is 703. The highest BCUT2D eigenvalue weighted by atomic mass is 32.2. The van der Waals surface area contributed by atoms with E-state index in [-0.39, 0.29) is 18.8 Å². The molecule has 0 aliphatic carbocycles. The molecule has 0 amide bonds. The maximum atomic E-state index is 12.3. The second-order valence-corrected chi connectivity index (χ2v) is 6.49. The fourth-order valence-corrected chi connectivity index (χ4v) is 3.28. The number of carboxylic acids is 2. The largest absolute Gasteiger partial charge is 0.478 e. The van der Waals surface area contributed by atoms with Crippen LogP contribution >= 0.6 is 0 Å². The van der Waals surface area contributed by atoms with E-state index in [0.29, 0.717) is 13.0 Å². The molecule has 9 nitrogen and oxygen atoms in total. The maximum absolute atomic E-state index is 12.3. The molecule has 1 aromatic carbocycles. The van der Waals surface area contributed by atoms with Crippen molar-refractivity contribution in [3.05, 3.63) is 29.3 Å².